The predicted molar refractivity (Wildman–Crippen MR) is 84.0 cm³/mol. The lowest BCUT2D eigenvalue weighted by atomic mass is 10.2. The Hall–Kier alpha value is -0.800. The number of hydrogen-bond acceptors (Lipinski definition) is 3. The summed E-state index contributed by atoms with van der Waals surface area (Å²) in [5.74, 6) is 1.02. The largest absolute Gasteiger partial charge is 0.354 e. The van der Waals surface area contributed by atoms with Crippen LogP contribution in [0.1, 0.15) is 46.1 Å². The molecule has 19 heavy (non-hydrogen) atoms. The lowest BCUT2D eigenvalue weighted by Crippen LogP contribution is -2.32. The highest BCUT2D eigenvalue weighted by Crippen LogP contribution is 2.22. The van der Waals surface area contributed by atoms with Crippen LogP contribution in [0.2, 0.25) is 5.02 Å². The Bertz CT molecular complexity index is 380. The molecule has 1 heterocycles. The monoisotopic (exact) mass is 283 g/mol. The van der Waals surface area contributed by atoms with E-state index in [9.17, 15) is 0 Å². The Morgan fingerprint density at radius 2 is 2.05 bits per heavy atom. The van der Waals surface area contributed by atoms with Gasteiger partial charge in [-0.1, -0.05) is 25.4 Å². The molecule has 0 aliphatic rings. The Morgan fingerprint density at radius 1 is 1.32 bits per heavy atom. The first-order valence-corrected chi connectivity index (χ1v) is 7.59. The zero-order chi connectivity index (χ0) is 14.3. The summed E-state index contributed by atoms with van der Waals surface area (Å²) < 4.78 is 0. The smallest absolute Gasteiger partial charge is 0.129 e. The maximum Gasteiger partial charge on any atom is 0.129 e. The van der Waals surface area contributed by atoms with Gasteiger partial charge >= 0.3 is 0 Å². The molecule has 108 valence electrons. The fourth-order valence-corrected chi connectivity index (χ4v) is 2.21. The lowest BCUT2D eigenvalue weighted by molar-refractivity contribution is 0.656. The fourth-order valence-electron chi connectivity index (χ4n) is 2.04. The summed E-state index contributed by atoms with van der Waals surface area (Å²) in [4.78, 5) is 6.79. The van der Waals surface area contributed by atoms with Crippen LogP contribution in [-0.2, 0) is 6.54 Å². The molecule has 0 saturated heterocycles. The predicted octanol–water partition coefficient (Wildman–Crippen LogP) is 3.86. The molecule has 4 heteroatoms. The molecule has 1 rings (SSSR count). The van der Waals surface area contributed by atoms with Gasteiger partial charge < -0.3 is 10.2 Å². The molecular formula is C15H26ClN3. The first kappa shape index (κ1) is 16.3. The second-order valence-electron chi connectivity index (χ2n) is 5.10. The third kappa shape index (κ3) is 5.00. The van der Waals surface area contributed by atoms with Gasteiger partial charge in [0.1, 0.15) is 5.82 Å². The molecule has 0 spiro atoms. The van der Waals surface area contributed by atoms with Crippen LogP contribution in [-0.4, -0.2) is 24.1 Å². The zero-order valence-corrected chi connectivity index (χ0v) is 13.3. The number of halogens is 1. The lowest BCUT2D eigenvalue weighted by Gasteiger charge is -2.28. The molecule has 3 nitrogen and oxygen atoms in total. The molecule has 0 bridgehead atoms. The van der Waals surface area contributed by atoms with Crippen molar-refractivity contribution in [2.75, 3.05) is 18.0 Å². The number of anilines is 1. The SMILES string of the molecule is CCCNCc1cc(N(CCC)C(C)C)ncc1Cl. The van der Waals surface area contributed by atoms with E-state index in [1.807, 2.05) is 0 Å². The standard InChI is InChI=1S/C15H26ClN3/c1-5-7-17-10-13-9-15(18-11-14(13)16)19(8-6-2)12(3)4/h9,11-12,17H,5-8,10H2,1-4H3. The zero-order valence-electron chi connectivity index (χ0n) is 12.5. The quantitative estimate of drug-likeness (QED) is 0.734. The minimum Gasteiger partial charge on any atom is -0.354 e. The summed E-state index contributed by atoms with van der Waals surface area (Å²) in [5, 5.41) is 4.13. The Labute approximate surface area is 122 Å². The molecule has 0 radical (unpaired) electrons. The van der Waals surface area contributed by atoms with Crippen molar-refractivity contribution in [3.8, 4) is 0 Å². The molecule has 0 saturated carbocycles. The fraction of sp³-hybridized carbons (Fsp3) is 0.667. The van der Waals surface area contributed by atoms with Gasteiger partial charge in [0.15, 0.2) is 0 Å². The van der Waals surface area contributed by atoms with Gasteiger partial charge in [-0.15, -0.1) is 0 Å². The summed E-state index contributed by atoms with van der Waals surface area (Å²) in [5.41, 5.74) is 1.13. The van der Waals surface area contributed by atoms with E-state index in [0.717, 1.165) is 48.9 Å². The van der Waals surface area contributed by atoms with E-state index in [1.165, 1.54) is 0 Å². The highest BCUT2D eigenvalue weighted by Gasteiger charge is 2.12. The highest BCUT2D eigenvalue weighted by molar-refractivity contribution is 6.31. The van der Waals surface area contributed by atoms with Crippen molar-refractivity contribution in [3.05, 3.63) is 22.8 Å². The van der Waals surface area contributed by atoms with Gasteiger partial charge in [-0.3, -0.25) is 0 Å². The van der Waals surface area contributed by atoms with Gasteiger partial charge in [-0.2, -0.15) is 0 Å². The van der Waals surface area contributed by atoms with Crippen molar-refractivity contribution in [1.82, 2.24) is 10.3 Å². The molecule has 0 fully saturated rings. The molecule has 1 aromatic heterocycles. The molecule has 0 aliphatic carbocycles. The van der Waals surface area contributed by atoms with E-state index in [1.54, 1.807) is 6.20 Å². The number of hydrogen-bond donors (Lipinski definition) is 1. The molecule has 0 unspecified atom stereocenters. The van der Waals surface area contributed by atoms with Crippen molar-refractivity contribution in [3.63, 3.8) is 0 Å². The highest BCUT2D eigenvalue weighted by atomic mass is 35.5. The second kappa shape index (κ2) is 8.39. The van der Waals surface area contributed by atoms with Crippen molar-refractivity contribution >= 4 is 17.4 Å². The normalized spacial score (nSPS) is 11.1. The van der Waals surface area contributed by atoms with Crippen LogP contribution < -0.4 is 10.2 Å². The Morgan fingerprint density at radius 3 is 2.63 bits per heavy atom. The maximum atomic E-state index is 6.22. The third-order valence-electron chi connectivity index (χ3n) is 3.04. The first-order chi connectivity index (χ1) is 9.10. The van der Waals surface area contributed by atoms with Crippen molar-refractivity contribution < 1.29 is 0 Å². The van der Waals surface area contributed by atoms with E-state index >= 15 is 0 Å². The van der Waals surface area contributed by atoms with Crippen LogP contribution in [0.15, 0.2) is 12.3 Å². The van der Waals surface area contributed by atoms with Gasteiger partial charge in [-0.05, 0) is 44.9 Å². The molecule has 0 amide bonds. The van der Waals surface area contributed by atoms with E-state index < -0.39 is 0 Å². The van der Waals surface area contributed by atoms with E-state index in [4.69, 9.17) is 11.6 Å². The van der Waals surface area contributed by atoms with Crippen LogP contribution in [0.3, 0.4) is 0 Å². The van der Waals surface area contributed by atoms with Crippen LogP contribution >= 0.6 is 11.6 Å². The summed E-state index contributed by atoms with van der Waals surface area (Å²) in [6.07, 6.45) is 4.01. The number of aromatic nitrogens is 1. The summed E-state index contributed by atoms with van der Waals surface area (Å²) in [6.45, 7) is 11.6. The molecule has 1 N–H and O–H groups in total. The number of nitrogens with zero attached hydrogens (tertiary/aromatic N) is 2. The average Bonchev–Trinajstić information content (AvgIpc) is 2.38. The second-order valence-corrected chi connectivity index (χ2v) is 5.51. The van der Waals surface area contributed by atoms with Crippen LogP contribution in [0.5, 0.6) is 0 Å². The van der Waals surface area contributed by atoms with Crippen molar-refractivity contribution in [2.24, 2.45) is 0 Å². The van der Waals surface area contributed by atoms with Gasteiger partial charge in [0, 0.05) is 25.3 Å². The van der Waals surface area contributed by atoms with Gasteiger partial charge in [0.25, 0.3) is 0 Å². The summed E-state index contributed by atoms with van der Waals surface area (Å²) in [6, 6.07) is 2.56. The number of pyridine rings is 1. The van der Waals surface area contributed by atoms with Crippen molar-refractivity contribution in [2.45, 2.75) is 53.1 Å². The van der Waals surface area contributed by atoms with Gasteiger partial charge in [-0.25, -0.2) is 4.98 Å². The topological polar surface area (TPSA) is 28.2 Å². The van der Waals surface area contributed by atoms with Crippen molar-refractivity contribution in [1.29, 1.82) is 0 Å². The summed E-state index contributed by atoms with van der Waals surface area (Å²) >= 11 is 6.22. The minimum atomic E-state index is 0.449. The van der Waals surface area contributed by atoms with Crippen LogP contribution in [0, 0.1) is 0 Å². The molecule has 0 atom stereocenters. The molecule has 0 aliphatic heterocycles. The average molecular weight is 284 g/mol. The third-order valence-corrected chi connectivity index (χ3v) is 3.38. The van der Waals surface area contributed by atoms with E-state index in [0.29, 0.717) is 6.04 Å². The van der Waals surface area contributed by atoms with Crippen LogP contribution in [0.4, 0.5) is 5.82 Å². The van der Waals surface area contributed by atoms with Gasteiger partial charge in [0.05, 0.1) is 5.02 Å². The number of nitrogens with one attached hydrogen (secondary N) is 1. The van der Waals surface area contributed by atoms with E-state index in [-0.39, 0.29) is 0 Å². The van der Waals surface area contributed by atoms with E-state index in [2.05, 4.69) is 49.0 Å². The van der Waals surface area contributed by atoms with Crippen LogP contribution in [0.25, 0.3) is 0 Å². The molecule has 0 aromatic carbocycles. The minimum absolute atomic E-state index is 0.449. The number of rotatable bonds is 8. The van der Waals surface area contributed by atoms with Gasteiger partial charge in [0.2, 0.25) is 0 Å². The Kier molecular flexibility index (Phi) is 7.17. The first-order valence-electron chi connectivity index (χ1n) is 7.21. The summed E-state index contributed by atoms with van der Waals surface area (Å²) in [7, 11) is 0. The molecule has 1 aromatic rings. The molecular weight excluding hydrogens is 258 g/mol. The maximum absolute atomic E-state index is 6.22. The Balaban J connectivity index is 2.86.